The fourth-order valence-corrected chi connectivity index (χ4v) is 7.41. The van der Waals surface area contributed by atoms with Crippen LogP contribution in [0.1, 0.15) is 50.4 Å². The molecule has 4 aliphatic rings. The topological polar surface area (TPSA) is 59.8 Å². The van der Waals surface area contributed by atoms with Crippen molar-refractivity contribution in [1.82, 2.24) is 14.5 Å². The van der Waals surface area contributed by atoms with E-state index in [1.54, 1.807) is 18.5 Å². The van der Waals surface area contributed by atoms with Gasteiger partial charge in [0, 0.05) is 36.5 Å². The lowest BCUT2D eigenvalue weighted by Gasteiger charge is -2.51. The summed E-state index contributed by atoms with van der Waals surface area (Å²) in [6, 6.07) is 2.29. The van der Waals surface area contributed by atoms with E-state index in [0.29, 0.717) is 34.5 Å². The SMILES string of the molecule is O=C(Nc1cnccc1Cl)[C@@H]1CC[C@H]2[C@@H]3CCC4[C@H](C=Cc5nccn54)[C@H]3CC[C@@H]21. The Labute approximate surface area is 181 Å². The summed E-state index contributed by atoms with van der Waals surface area (Å²) in [7, 11) is 0. The highest BCUT2D eigenvalue weighted by atomic mass is 35.5. The zero-order chi connectivity index (χ0) is 20.2. The zero-order valence-corrected chi connectivity index (χ0v) is 17.7. The van der Waals surface area contributed by atoms with Crippen LogP contribution in [0.15, 0.2) is 36.9 Å². The van der Waals surface area contributed by atoms with E-state index in [4.69, 9.17) is 11.6 Å². The second-order valence-electron chi connectivity index (χ2n) is 9.54. The second-order valence-corrected chi connectivity index (χ2v) is 9.94. The van der Waals surface area contributed by atoms with Crippen molar-refractivity contribution >= 4 is 29.3 Å². The Kier molecular flexibility index (Phi) is 4.48. The number of carbonyl (C=O) groups excluding carboxylic acids is 1. The van der Waals surface area contributed by atoms with Crippen LogP contribution < -0.4 is 5.32 Å². The van der Waals surface area contributed by atoms with Crippen LogP contribution in [-0.2, 0) is 4.79 Å². The zero-order valence-electron chi connectivity index (χ0n) is 17.0. The number of rotatable bonds is 2. The Bertz CT molecular complexity index is 1000. The molecule has 5 nitrogen and oxygen atoms in total. The van der Waals surface area contributed by atoms with E-state index in [2.05, 4.69) is 38.2 Å². The molecule has 6 rings (SSSR count). The highest BCUT2D eigenvalue weighted by molar-refractivity contribution is 6.33. The third kappa shape index (κ3) is 2.85. The minimum atomic E-state index is 0.104. The predicted molar refractivity (Wildman–Crippen MR) is 117 cm³/mol. The van der Waals surface area contributed by atoms with E-state index in [9.17, 15) is 4.79 Å². The summed E-state index contributed by atoms with van der Waals surface area (Å²) in [6.45, 7) is 0. The first kappa shape index (κ1) is 18.6. The third-order valence-electron chi connectivity index (χ3n) is 8.43. The van der Waals surface area contributed by atoms with Crippen LogP contribution >= 0.6 is 11.6 Å². The van der Waals surface area contributed by atoms with E-state index in [1.165, 1.54) is 32.1 Å². The van der Waals surface area contributed by atoms with Gasteiger partial charge in [-0.25, -0.2) is 4.98 Å². The summed E-state index contributed by atoms with van der Waals surface area (Å²) in [4.78, 5) is 21.7. The molecule has 0 aromatic carbocycles. The van der Waals surface area contributed by atoms with E-state index < -0.39 is 0 Å². The van der Waals surface area contributed by atoms with Crippen LogP contribution in [0.25, 0.3) is 6.08 Å². The van der Waals surface area contributed by atoms with Gasteiger partial charge in [-0.05, 0) is 74.3 Å². The van der Waals surface area contributed by atoms with Gasteiger partial charge in [-0.2, -0.15) is 0 Å². The van der Waals surface area contributed by atoms with Crippen LogP contribution in [0, 0.1) is 35.5 Å². The highest BCUT2D eigenvalue weighted by Gasteiger charge is 2.52. The molecule has 6 heteroatoms. The molecule has 1 N–H and O–H groups in total. The minimum absolute atomic E-state index is 0.104. The van der Waals surface area contributed by atoms with Crippen molar-refractivity contribution in [3.05, 3.63) is 47.8 Å². The number of halogens is 1. The summed E-state index contributed by atoms with van der Waals surface area (Å²) in [5, 5.41) is 3.61. The number of nitrogens with one attached hydrogen (secondary N) is 1. The minimum Gasteiger partial charge on any atom is -0.328 e. The van der Waals surface area contributed by atoms with Crippen LogP contribution in [0.5, 0.6) is 0 Å². The fourth-order valence-electron chi connectivity index (χ4n) is 7.26. The molecular weight excluding hydrogens is 396 g/mol. The van der Waals surface area contributed by atoms with Gasteiger partial charge in [0.1, 0.15) is 5.82 Å². The van der Waals surface area contributed by atoms with Gasteiger partial charge < -0.3 is 9.88 Å². The Morgan fingerprint density at radius 1 is 1.03 bits per heavy atom. The number of carbonyl (C=O) groups is 1. The van der Waals surface area contributed by atoms with E-state index in [0.717, 1.165) is 24.1 Å². The van der Waals surface area contributed by atoms with Crippen molar-refractivity contribution in [2.75, 3.05) is 5.32 Å². The Hall–Kier alpha value is -2.14. The summed E-state index contributed by atoms with van der Waals surface area (Å²) >= 11 is 6.23. The molecule has 1 aliphatic heterocycles. The third-order valence-corrected chi connectivity index (χ3v) is 8.76. The molecule has 1 unspecified atom stereocenters. The smallest absolute Gasteiger partial charge is 0.227 e. The molecule has 3 saturated carbocycles. The van der Waals surface area contributed by atoms with Gasteiger partial charge in [0.2, 0.25) is 5.91 Å². The molecule has 0 radical (unpaired) electrons. The van der Waals surface area contributed by atoms with Crippen LogP contribution in [0.4, 0.5) is 5.69 Å². The summed E-state index contributed by atoms with van der Waals surface area (Å²) in [5.41, 5.74) is 0.630. The molecular formula is C24H27ClN4O. The lowest BCUT2D eigenvalue weighted by atomic mass is 9.56. The molecule has 3 aliphatic carbocycles. The maximum absolute atomic E-state index is 13.1. The number of pyridine rings is 1. The van der Waals surface area contributed by atoms with Gasteiger partial charge >= 0.3 is 0 Å². The van der Waals surface area contributed by atoms with Crippen molar-refractivity contribution in [3.8, 4) is 0 Å². The average molecular weight is 423 g/mol. The van der Waals surface area contributed by atoms with E-state index in [-0.39, 0.29) is 11.8 Å². The van der Waals surface area contributed by atoms with Gasteiger partial charge in [-0.1, -0.05) is 17.7 Å². The number of fused-ring (bicyclic) bond motifs is 7. The van der Waals surface area contributed by atoms with Gasteiger partial charge in [0.05, 0.1) is 16.9 Å². The number of hydrogen-bond donors (Lipinski definition) is 1. The molecule has 2 aromatic rings. The lowest BCUT2D eigenvalue weighted by molar-refractivity contribution is -0.122. The van der Waals surface area contributed by atoms with Crippen molar-refractivity contribution in [2.45, 2.75) is 44.6 Å². The lowest BCUT2D eigenvalue weighted by Crippen LogP contribution is -2.44. The summed E-state index contributed by atoms with van der Waals surface area (Å²) < 4.78 is 2.40. The van der Waals surface area contributed by atoms with Crippen molar-refractivity contribution in [2.24, 2.45) is 35.5 Å². The first-order valence-corrected chi connectivity index (χ1v) is 11.7. The molecule has 7 atom stereocenters. The van der Waals surface area contributed by atoms with Crippen molar-refractivity contribution in [3.63, 3.8) is 0 Å². The first-order chi connectivity index (χ1) is 14.7. The Balaban J connectivity index is 1.19. The Morgan fingerprint density at radius 2 is 1.83 bits per heavy atom. The normalized spacial score (nSPS) is 36.4. The number of anilines is 1. The van der Waals surface area contributed by atoms with Gasteiger partial charge in [-0.3, -0.25) is 9.78 Å². The number of hydrogen-bond acceptors (Lipinski definition) is 3. The van der Waals surface area contributed by atoms with Crippen LogP contribution in [0.2, 0.25) is 5.02 Å². The van der Waals surface area contributed by atoms with Gasteiger partial charge in [0.25, 0.3) is 0 Å². The number of amides is 1. The standard InChI is InChI=1S/C24H27ClN4O/c25-20-9-10-26-13-21(20)28-24(30)19-4-3-14-15-5-7-22-18(16(15)1-2-17(14)19)6-8-23-27-11-12-29(22)23/h6,8-19,22H,1-5,7H2,(H,28,30)/t14-,15-,16-,17-,18+,19+,22?/m0/s1. The molecule has 0 spiro atoms. The molecule has 0 saturated heterocycles. The molecule has 3 heterocycles. The number of allylic oxidation sites excluding steroid dienone is 1. The molecule has 1 amide bonds. The number of nitrogens with zero attached hydrogens (tertiary/aromatic N) is 3. The maximum Gasteiger partial charge on any atom is 0.227 e. The fraction of sp³-hybridized carbons (Fsp3) is 0.542. The molecule has 0 bridgehead atoms. The highest BCUT2D eigenvalue weighted by Crippen LogP contribution is 2.58. The van der Waals surface area contributed by atoms with E-state index >= 15 is 0 Å². The monoisotopic (exact) mass is 422 g/mol. The van der Waals surface area contributed by atoms with Gasteiger partial charge in [0.15, 0.2) is 0 Å². The largest absolute Gasteiger partial charge is 0.328 e. The summed E-state index contributed by atoms with van der Waals surface area (Å²) in [6.07, 6.45) is 19.1. The van der Waals surface area contributed by atoms with E-state index in [1.807, 2.05) is 6.20 Å². The van der Waals surface area contributed by atoms with Crippen molar-refractivity contribution in [1.29, 1.82) is 0 Å². The summed E-state index contributed by atoms with van der Waals surface area (Å²) in [5.74, 6) is 4.64. The molecule has 156 valence electrons. The quantitative estimate of drug-likeness (QED) is 0.722. The van der Waals surface area contributed by atoms with Crippen LogP contribution in [0.3, 0.4) is 0 Å². The average Bonchev–Trinajstić information content (AvgIpc) is 3.42. The Morgan fingerprint density at radius 3 is 2.73 bits per heavy atom. The van der Waals surface area contributed by atoms with Crippen molar-refractivity contribution < 1.29 is 4.79 Å². The first-order valence-electron chi connectivity index (χ1n) is 11.3. The maximum atomic E-state index is 13.1. The molecule has 2 aromatic heterocycles. The predicted octanol–water partition coefficient (Wildman–Crippen LogP) is 5.22. The number of aromatic nitrogens is 3. The number of imidazole rings is 1. The second kappa shape index (κ2) is 7.23. The molecule has 30 heavy (non-hydrogen) atoms. The van der Waals surface area contributed by atoms with Gasteiger partial charge in [-0.15, -0.1) is 0 Å². The molecule has 3 fully saturated rings. The van der Waals surface area contributed by atoms with Crippen LogP contribution in [-0.4, -0.2) is 20.4 Å².